The van der Waals surface area contributed by atoms with Crippen molar-refractivity contribution in [3.63, 3.8) is 0 Å². The van der Waals surface area contributed by atoms with Crippen LogP contribution in [0, 0.1) is 0 Å². The van der Waals surface area contributed by atoms with Crippen molar-refractivity contribution in [2.75, 3.05) is 6.61 Å². The standard InChI is InChI=1S/C15H17ClO8/c16-8-4-2-1-3-7(8)5-9(14(21)22)23-15-13(20)12(19)11(18)10(6-17)24-15/h1-5,10-13,15,17-20H,6H2,(H,21,22)/b9-5-/t10-,11+,12+,13-,15-/m0/s1. The zero-order valence-electron chi connectivity index (χ0n) is 12.3. The maximum Gasteiger partial charge on any atom is 0.371 e. The van der Waals surface area contributed by atoms with Crippen molar-refractivity contribution in [1.29, 1.82) is 0 Å². The predicted octanol–water partition coefficient (Wildman–Crippen LogP) is -0.418. The molecule has 0 bridgehead atoms. The maximum absolute atomic E-state index is 11.4. The van der Waals surface area contributed by atoms with Crippen LogP contribution < -0.4 is 0 Å². The summed E-state index contributed by atoms with van der Waals surface area (Å²) >= 11 is 5.95. The van der Waals surface area contributed by atoms with E-state index in [4.69, 9.17) is 26.2 Å². The molecule has 8 nitrogen and oxygen atoms in total. The Labute approximate surface area is 142 Å². The van der Waals surface area contributed by atoms with Crippen molar-refractivity contribution in [2.24, 2.45) is 0 Å². The van der Waals surface area contributed by atoms with E-state index in [2.05, 4.69) is 0 Å². The zero-order chi connectivity index (χ0) is 17.9. The number of carboxylic acid groups (broad SMARTS) is 1. The Morgan fingerprint density at radius 2 is 1.88 bits per heavy atom. The van der Waals surface area contributed by atoms with Gasteiger partial charge < -0.3 is 35.0 Å². The molecule has 0 amide bonds. The quantitative estimate of drug-likeness (QED) is 0.353. The molecule has 9 heteroatoms. The molecule has 0 aromatic heterocycles. The van der Waals surface area contributed by atoms with Gasteiger partial charge in [0, 0.05) is 5.02 Å². The van der Waals surface area contributed by atoms with E-state index in [1.807, 2.05) is 0 Å². The van der Waals surface area contributed by atoms with Crippen LogP contribution in [-0.4, -0.2) is 68.8 Å². The molecular formula is C15H17ClO8. The van der Waals surface area contributed by atoms with Gasteiger partial charge in [0.1, 0.15) is 24.4 Å². The van der Waals surface area contributed by atoms with Crippen LogP contribution in [0.1, 0.15) is 5.56 Å². The molecule has 1 aliphatic heterocycles. The van der Waals surface area contributed by atoms with Gasteiger partial charge in [-0.1, -0.05) is 29.8 Å². The summed E-state index contributed by atoms with van der Waals surface area (Å²) in [6.07, 6.45) is -6.61. The molecule has 132 valence electrons. The summed E-state index contributed by atoms with van der Waals surface area (Å²) in [5.74, 6) is -2.04. The van der Waals surface area contributed by atoms with Crippen molar-refractivity contribution in [2.45, 2.75) is 30.7 Å². The molecule has 1 aliphatic rings. The van der Waals surface area contributed by atoms with Crippen LogP contribution in [0.4, 0.5) is 0 Å². The van der Waals surface area contributed by atoms with E-state index in [1.54, 1.807) is 24.3 Å². The number of halogens is 1. The number of benzene rings is 1. The third-order valence-corrected chi connectivity index (χ3v) is 3.84. The molecule has 24 heavy (non-hydrogen) atoms. The fraction of sp³-hybridized carbons (Fsp3) is 0.400. The van der Waals surface area contributed by atoms with Gasteiger partial charge in [-0.25, -0.2) is 4.79 Å². The third-order valence-electron chi connectivity index (χ3n) is 3.49. The zero-order valence-corrected chi connectivity index (χ0v) is 13.1. The van der Waals surface area contributed by atoms with Gasteiger partial charge in [-0.3, -0.25) is 0 Å². The largest absolute Gasteiger partial charge is 0.475 e. The van der Waals surface area contributed by atoms with Crippen molar-refractivity contribution in [3.05, 3.63) is 40.6 Å². The van der Waals surface area contributed by atoms with Gasteiger partial charge >= 0.3 is 5.97 Å². The lowest BCUT2D eigenvalue weighted by molar-refractivity contribution is -0.291. The normalized spacial score (nSPS) is 30.9. The fourth-order valence-corrected chi connectivity index (χ4v) is 2.36. The van der Waals surface area contributed by atoms with E-state index in [0.717, 1.165) is 6.08 Å². The average molecular weight is 361 g/mol. The molecule has 0 radical (unpaired) electrons. The van der Waals surface area contributed by atoms with Gasteiger partial charge in [-0.2, -0.15) is 0 Å². The lowest BCUT2D eigenvalue weighted by Crippen LogP contribution is -2.59. The van der Waals surface area contributed by atoms with Crippen LogP contribution in [-0.2, 0) is 14.3 Å². The number of hydrogen-bond acceptors (Lipinski definition) is 7. The van der Waals surface area contributed by atoms with Gasteiger partial charge in [-0.05, 0) is 17.7 Å². The van der Waals surface area contributed by atoms with Gasteiger partial charge in [0.15, 0.2) is 0 Å². The lowest BCUT2D eigenvalue weighted by Gasteiger charge is -2.39. The van der Waals surface area contributed by atoms with Gasteiger partial charge in [0.25, 0.3) is 0 Å². The van der Waals surface area contributed by atoms with Crippen LogP contribution >= 0.6 is 11.6 Å². The van der Waals surface area contributed by atoms with Crippen LogP contribution in [0.15, 0.2) is 30.0 Å². The molecule has 0 saturated carbocycles. The van der Waals surface area contributed by atoms with Crippen LogP contribution in [0.25, 0.3) is 6.08 Å². The van der Waals surface area contributed by atoms with Gasteiger partial charge in [0.05, 0.1) is 6.61 Å². The van der Waals surface area contributed by atoms with E-state index in [1.165, 1.54) is 0 Å². The number of aliphatic hydroxyl groups excluding tert-OH is 4. The Balaban J connectivity index is 2.24. The highest BCUT2D eigenvalue weighted by atomic mass is 35.5. The molecule has 0 spiro atoms. The van der Waals surface area contributed by atoms with E-state index < -0.39 is 49.0 Å². The minimum absolute atomic E-state index is 0.286. The first-order valence-electron chi connectivity index (χ1n) is 7.02. The monoisotopic (exact) mass is 360 g/mol. The molecule has 0 unspecified atom stereocenters. The molecule has 0 aliphatic carbocycles. The first-order valence-corrected chi connectivity index (χ1v) is 7.39. The van der Waals surface area contributed by atoms with Crippen LogP contribution in [0.2, 0.25) is 5.02 Å². The second-order valence-corrected chi connectivity index (χ2v) is 5.56. The van der Waals surface area contributed by atoms with E-state index >= 15 is 0 Å². The Bertz CT molecular complexity index is 617. The summed E-state index contributed by atoms with van der Waals surface area (Å²) in [6.45, 7) is -0.651. The molecule has 1 heterocycles. The summed E-state index contributed by atoms with van der Waals surface area (Å²) < 4.78 is 10.2. The Kier molecular flexibility index (Phi) is 6.16. The fourth-order valence-electron chi connectivity index (χ4n) is 2.17. The van der Waals surface area contributed by atoms with Gasteiger partial charge in [0.2, 0.25) is 12.0 Å². The molecule has 2 rings (SSSR count). The molecule has 1 fully saturated rings. The topological polar surface area (TPSA) is 137 Å². The molecule has 5 N–H and O–H groups in total. The SMILES string of the molecule is O=C(O)/C(=C/c1ccccc1Cl)O[C@H]1O[C@@H](CO)[C@@H](O)[C@@H](O)[C@@H]1O. The molecule has 1 saturated heterocycles. The number of rotatable bonds is 5. The summed E-state index contributed by atoms with van der Waals surface area (Å²) in [6, 6.07) is 6.42. The second kappa shape index (κ2) is 7.93. The minimum atomic E-state index is -1.71. The van der Waals surface area contributed by atoms with E-state index in [9.17, 15) is 25.2 Å². The first kappa shape index (κ1) is 18.7. The average Bonchev–Trinajstić information content (AvgIpc) is 2.56. The number of carbonyl (C=O) groups is 1. The summed E-state index contributed by atoms with van der Waals surface area (Å²) in [5.41, 5.74) is 0.362. The Morgan fingerprint density at radius 1 is 1.21 bits per heavy atom. The maximum atomic E-state index is 11.4. The number of ether oxygens (including phenoxy) is 2. The summed E-state index contributed by atoms with van der Waals surface area (Å²) in [5, 5.41) is 47.9. The first-order chi connectivity index (χ1) is 11.3. The minimum Gasteiger partial charge on any atom is -0.475 e. The molecule has 5 atom stereocenters. The Morgan fingerprint density at radius 3 is 2.46 bits per heavy atom. The highest BCUT2D eigenvalue weighted by Crippen LogP contribution is 2.25. The van der Waals surface area contributed by atoms with Crippen molar-refractivity contribution >= 4 is 23.6 Å². The van der Waals surface area contributed by atoms with E-state index in [-0.39, 0.29) is 5.02 Å². The summed E-state index contributed by atoms with van der Waals surface area (Å²) in [4.78, 5) is 11.4. The van der Waals surface area contributed by atoms with Crippen molar-refractivity contribution < 1.29 is 39.8 Å². The Hall–Kier alpha value is -1.68. The lowest BCUT2D eigenvalue weighted by atomic mass is 9.99. The highest BCUT2D eigenvalue weighted by Gasteiger charge is 2.45. The second-order valence-electron chi connectivity index (χ2n) is 5.15. The van der Waals surface area contributed by atoms with Gasteiger partial charge in [-0.15, -0.1) is 0 Å². The van der Waals surface area contributed by atoms with Crippen LogP contribution in [0.3, 0.4) is 0 Å². The van der Waals surface area contributed by atoms with Crippen molar-refractivity contribution in [3.8, 4) is 0 Å². The smallest absolute Gasteiger partial charge is 0.371 e. The highest BCUT2D eigenvalue weighted by molar-refractivity contribution is 6.32. The number of hydrogen-bond donors (Lipinski definition) is 5. The molecule has 1 aromatic rings. The van der Waals surface area contributed by atoms with Crippen LogP contribution in [0.5, 0.6) is 0 Å². The molecular weight excluding hydrogens is 344 g/mol. The number of aliphatic carboxylic acids is 1. The third kappa shape index (κ3) is 4.04. The predicted molar refractivity (Wildman–Crippen MR) is 81.9 cm³/mol. The van der Waals surface area contributed by atoms with E-state index in [0.29, 0.717) is 5.56 Å². The molecule has 1 aromatic carbocycles. The summed E-state index contributed by atoms with van der Waals surface area (Å²) in [7, 11) is 0. The number of carboxylic acids is 1. The van der Waals surface area contributed by atoms with Crippen molar-refractivity contribution in [1.82, 2.24) is 0 Å². The number of aliphatic hydroxyl groups is 4.